The van der Waals surface area contributed by atoms with Crippen LogP contribution in [0.15, 0.2) is 71.6 Å². The monoisotopic (exact) mass is 505 g/mol. The Bertz CT molecular complexity index is 1240. The average Bonchev–Trinajstić information content (AvgIpc) is 2.72. The summed E-state index contributed by atoms with van der Waals surface area (Å²) in [5, 5.41) is 0.481. The van der Waals surface area contributed by atoms with Crippen LogP contribution in [0.5, 0.6) is 5.75 Å². The highest BCUT2D eigenvalue weighted by Gasteiger charge is 2.24. The summed E-state index contributed by atoms with van der Waals surface area (Å²) in [5.74, 6) is 0.167. The second kappa shape index (κ2) is 10.6. The van der Waals surface area contributed by atoms with Gasteiger partial charge in [0, 0.05) is 13.1 Å². The maximum Gasteiger partial charge on any atom is 0.340 e. The van der Waals surface area contributed by atoms with Gasteiger partial charge in [0.1, 0.15) is 10.6 Å². The van der Waals surface area contributed by atoms with Crippen molar-refractivity contribution in [2.24, 2.45) is 5.92 Å². The maximum atomic E-state index is 13.2. The van der Waals surface area contributed by atoms with Crippen molar-refractivity contribution in [2.45, 2.75) is 32.2 Å². The Hall–Kier alpha value is -2.54. The third-order valence-corrected chi connectivity index (χ3v) is 7.08. The van der Waals surface area contributed by atoms with Crippen molar-refractivity contribution in [2.75, 3.05) is 6.54 Å². The largest absolute Gasteiger partial charge is 0.379 e. The number of rotatable bonds is 8. The van der Waals surface area contributed by atoms with Crippen LogP contribution in [0.3, 0.4) is 0 Å². The summed E-state index contributed by atoms with van der Waals surface area (Å²) in [4.78, 5) is 14.8. The first-order chi connectivity index (χ1) is 15.6. The van der Waals surface area contributed by atoms with Gasteiger partial charge >= 0.3 is 10.1 Å². The molecule has 0 atom stereocenters. The fourth-order valence-corrected chi connectivity index (χ4v) is 5.41. The van der Waals surface area contributed by atoms with Crippen LogP contribution in [0.25, 0.3) is 0 Å². The van der Waals surface area contributed by atoms with Gasteiger partial charge in [-0.1, -0.05) is 73.4 Å². The van der Waals surface area contributed by atoms with Crippen LogP contribution in [0.2, 0.25) is 10.0 Å². The lowest BCUT2D eigenvalue weighted by Gasteiger charge is -2.25. The molecule has 0 fully saturated rings. The molecule has 8 heteroatoms. The SMILES string of the molecule is Cc1cccc(Cl)c1S(=O)(=O)Oc1cccc(CN(CC(C)C)C(=O)c2ccccc2Cl)c1. The molecule has 0 aromatic heterocycles. The summed E-state index contributed by atoms with van der Waals surface area (Å²) in [6.07, 6.45) is 0. The van der Waals surface area contributed by atoms with Gasteiger partial charge < -0.3 is 9.08 Å². The molecular weight excluding hydrogens is 481 g/mol. The molecule has 1 amide bonds. The molecule has 0 aliphatic heterocycles. The zero-order valence-corrected chi connectivity index (χ0v) is 20.9. The Morgan fingerprint density at radius 2 is 1.64 bits per heavy atom. The van der Waals surface area contributed by atoms with Crippen LogP contribution in [0.1, 0.15) is 35.3 Å². The van der Waals surface area contributed by atoms with E-state index in [2.05, 4.69) is 0 Å². The van der Waals surface area contributed by atoms with Crippen molar-refractivity contribution in [1.82, 2.24) is 4.90 Å². The van der Waals surface area contributed by atoms with Crippen LogP contribution in [0, 0.1) is 12.8 Å². The second-order valence-corrected chi connectivity index (χ2v) is 10.4. The van der Waals surface area contributed by atoms with Crippen molar-refractivity contribution in [3.63, 3.8) is 0 Å². The Morgan fingerprint density at radius 3 is 2.30 bits per heavy atom. The highest BCUT2D eigenvalue weighted by molar-refractivity contribution is 7.87. The summed E-state index contributed by atoms with van der Waals surface area (Å²) in [6, 6.07) is 18.4. The third-order valence-electron chi connectivity index (χ3n) is 4.87. The number of hydrogen-bond donors (Lipinski definition) is 0. The van der Waals surface area contributed by atoms with Gasteiger partial charge in [-0.25, -0.2) is 0 Å². The molecule has 3 aromatic rings. The van der Waals surface area contributed by atoms with Crippen molar-refractivity contribution in [3.05, 3.63) is 93.5 Å². The van der Waals surface area contributed by atoms with Crippen LogP contribution in [-0.2, 0) is 16.7 Å². The van der Waals surface area contributed by atoms with Gasteiger partial charge in [0.15, 0.2) is 0 Å². The maximum absolute atomic E-state index is 13.2. The minimum atomic E-state index is -4.13. The first-order valence-electron chi connectivity index (χ1n) is 10.4. The predicted molar refractivity (Wildman–Crippen MR) is 131 cm³/mol. The van der Waals surface area contributed by atoms with Crippen LogP contribution in [0.4, 0.5) is 0 Å². The van der Waals surface area contributed by atoms with Gasteiger partial charge in [0.2, 0.25) is 0 Å². The normalized spacial score (nSPS) is 11.5. The molecular formula is C25H25Cl2NO4S. The number of aryl methyl sites for hydroxylation is 1. The second-order valence-electron chi connectivity index (χ2n) is 8.13. The van der Waals surface area contributed by atoms with E-state index >= 15 is 0 Å². The molecule has 3 aromatic carbocycles. The van der Waals surface area contributed by atoms with E-state index in [1.54, 1.807) is 66.4 Å². The topological polar surface area (TPSA) is 63.7 Å². The van der Waals surface area contributed by atoms with E-state index in [-0.39, 0.29) is 34.0 Å². The molecule has 0 bridgehead atoms. The lowest BCUT2D eigenvalue weighted by atomic mass is 10.1. The van der Waals surface area contributed by atoms with Gasteiger partial charge in [-0.2, -0.15) is 8.42 Å². The average molecular weight is 506 g/mol. The van der Waals surface area contributed by atoms with Gasteiger partial charge in [-0.05, 0) is 54.3 Å². The van der Waals surface area contributed by atoms with Crippen molar-refractivity contribution >= 4 is 39.2 Å². The van der Waals surface area contributed by atoms with E-state index in [9.17, 15) is 13.2 Å². The van der Waals surface area contributed by atoms with E-state index in [1.165, 1.54) is 6.07 Å². The first-order valence-corrected chi connectivity index (χ1v) is 12.6. The van der Waals surface area contributed by atoms with Gasteiger partial charge in [-0.3, -0.25) is 4.79 Å². The molecule has 0 spiro atoms. The molecule has 0 unspecified atom stereocenters. The van der Waals surface area contributed by atoms with Crippen molar-refractivity contribution < 1.29 is 17.4 Å². The van der Waals surface area contributed by atoms with E-state index < -0.39 is 10.1 Å². The number of carbonyl (C=O) groups is 1. The van der Waals surface area contributed by atoms with E-state index in [1.807, 2.05) is 19.9 Å². The molecule has 3 rings (SSSR count). The number of halogens is 2. The Labute approximate surface area is 205 Å². The van der Waals surface area contributed by atoms with E-state index in [0.717, 1.165) is 5.56 Å². The molecule has 0 aliphatic rings. The summed E-state index contributed by atoms with van der Waals surface area (Å²) in [7, 11) is -4.13. The quantitative estimate of drug-likeness (QED) is 0.333. The number of hydrogen-bond acceptors (Lipinski definition) is 4. The van der Waals surface area contributed by atoms with Crippen LogP contribution < -0.4 is 4.18 Å². The lowest BCUT2D eigenvalue weighted by Crippen LogP contribution is -2.34. The molecule has 0 N–H and O–H groups in total. The summed E-state index contributed by atoms with van der Waals surface area (Å²) in [5.41, 5.74) is 1.63. The third kappa shape index (κ3) is 6.28. The molecule has 0 radical (unpaired) electrons. The highest BCUT2D eigenvalue weighted by atomic mass is 35.5. The van der Waals surface area contributed by atoms with Gasteiger partial charge in [0.05, 0.1) is 15.6 Å². The van der Waals surface area contributed by atoms with Crippen LogP contribution in [-0.4, -0.2) is 25.8 Å². The zero-order valence-electron chi connectivity index (χ0n) is 18.6. The molecule has 0 saturated heterocycles. The number of nitrogens with zero attached hydrogens (tertiary/aromatic N) is 1. The Balaban J connectivity index is 1.87. The standard InChI is InChI=1S/C25H25Cl2NO4S/c1-17(2)15-28(25(29)21-11-4-5-12-22(21)26)16-19-9-7-10-20(14-19)32-33(30,31)24-18(3)8-6-13-23(24)27/h4-14,17H,15-16H2,1-3H3. The Kier molecular flexibility index (Phi) is 8.05. The molecule has 0 saturated carbocycles. The minimum Gasteiger partial charge on any atom is -0.379 e. The number of amides is 1. The zero-order chi connectivity index (χ0) is 24.2. The van der Waals surface area contributed by atoms with Gasteiger partial charge in [-0.15, -0.1) is 0 Å². The Morgan fingerprint density at radius 1 is 0.970 bits per heavy atom. The van der Waals surface area contributed by atoms with Crippen molar-refractivity contribution in [1.29, 1.82) is 0 Å². The number of benzene rings is 3. The van der Waals surface area contributed by atoms with Crippen LogP contribution >= 0.6 is 23.2 Å². The molecule has 33 heavy (non-hydrogen) atoms. The van der Waals surface area contributed by atoms with E-state index in [0.29, 0.717) is 22.7 Å². The minimum absolute atomic E-state index is 0.0626. The van der Waals surface area contributed by atoms with Crippen molar-refractivity contribution in [3.8, 4) is 5.75 Å². The smallest absolute Gasteiger partial charge is 0.340 e. The molecule has 174 valence electrons. The summed E-state index contributed by atoms with van der Waals surface area (Å²) in [6.45, 7) is 6.47. The predicted octanol–water partition coefficient (Wildman–Crippen LogP) is 6.37. The van der Waals surface area contributed by atoms with E-state index in [4.69, 9.17) is 27.4 Å². The fourth-order valence-electron chi connectivity index (χ4n) is 3.48. The molecule has 0 heterocycles. The molecule has 0 aliphatic carbocycles. The summed E-state index contributed by atoms with van der Waals surface area (Å²) < 4.78 is 31.1. The lowest BCUT2D eigenvalue weighted by molar-refractivity contribution is 0.0722. The first kappa shape index (κ1) is 25.1. The fraction of sp³-hybridized carbons (Fsp3) is 0.240. The molecule has 5 nitrogen and oxygen atoms in total. The highest BCUT2D eigenvalue weighted by Crippen LogP contribution is 2.28. The number of carbonyl (C=O) groups excluding carboxylic acids is 1. The summed E-state index contributed by atoms with van der Waals surface area (Å²) >= 11 is 12.4. The van der Waals surface area contributed by atoms with Gasteiger partial charge in [0.25, 0.3) is 5.91 Å².